The number of nitrogens with zero attached hydrogens (tertiary/aromatic N) is 1. The fourth-order valence-corrected chi connectivity index (χ4v) is 1.52. The van der Waals surface area contributed by atoms with Crippen LogP contribution in [0.5, 0.6) is 5.75 Å². The molecule has 2 heteroatoms. The first-order valence-corrected chi connectivity index (χ1v) is 4.84. The molecule has 0 N–H and O–H groups in total. The lowest BCUT2D eigenvalue weighted by Crippen LogP contribution is -2.08. The smallest absolute Gasteiger partial charge is 0.202 e. The van der Waals surface area contributed by atoms with E-state index in [-0.39, 0.29) is 5.75 Å². The maximum Gasteiger partial charge on any atom is 0.202 e. The van der Waals surface area contributed by atoms with E-state index in [2.05, 4.69) is 0 Å². The van der Waals surface area contributed by atoms with E-state index in [4.69, 9.17) is 0 Å². The molecule has 0 aliphatic rings. The Hall–Kier alpha value is -1.96. The Morgan fingerprint density at radius 2 is 1.47 bits per heavy atom. The van der Waals surface area contributed by atoms with Crippen LogP contribution in [0.25, 0.3) is 0 Å². The lowest BCUT2D eigenvalue weighted by molar-refractivity contribution is 0.356. The van der Waals surface area contributed by atoms with Gasteiger partial charge in [0.15, 0.2) is 0 Å². The molecule has 0 unspecified atom stereocenters. The van der Waals surface area contributed by atoms with Gasteiger partial charge in [0.2, 0.25) is 5.75 Å². The SMILES string of the molecule is CN(c1ccccc1)c1ccccc1[O]. The Bertz CT molecular complexity index is 439. The molecule has 0 bridgehead atoms. The molecule has 2 aromatic carbocycles. The summed E-state index contributed by atoms with van der Waals surface area (Å²) in [5.41, 5.74) is 1.71. The maximum absolute atomic E-state index is 11.6. The Morgan fingerprint density at radius 3 is 2.13 bits per heavy atom. The maximum atomic E-state index is 11.6. The van der Waals surface area contributed by atoms with Crippen molar-refractivity contribution >= 4 is 11.4 Å². The zero-order chi connectivity index (χ0) is 10.7. The molecule has 1 radical (unpaired) electrons. The fourth-order valence-electron chi connectivity index (χ4n) is 1.52. The number of anilines is 2. The number of para-hydroxylation sites is 3. The summed E-state index contributed by atoms with van der Waals surface area (Å²) in [5, 5.41) is 11.6. The topological polar surface area (TPSA) is 23.1 Å². The third-order valence-electron chi connectivity index (χ3n) is 2.37. The first-order valence-electron chi connectivity index (χ1n) is 4.84. The van der Waals surface area contributed by atoms with Crippen LogP contribution in [0, 0.1) is 0 Å². The van der Waals surface area contributed by atoms with E-state index in [0.717, 1.165) is 5.69 Å². The van der Waals surface area contributed by atoms with Crippen molar-refractivity contribution in [2.24, 2.45) is 0 Å². The van der Waals surface area contributed by atoms with E-state index in [1.165, 1.54) is 0 Å². The molecule has 0 saturated heterocycles. The average Bonchev–Trinajstić information content (AvgIpc) is 2.30. The van der Waals surface area contributed by atoms with E-state index < -0.39 is 0 Å². The molecule has 0 spiro atoms. The molecular formula is C13H12NO. The summed E-state index contributed by atoms with van der Waals surface area (Å²) in [6, 6.07) is 16.9. The van der Waals surface area contributed by atoms with Crippen LogP contribution in [0.3, 0.4) is 0 Å². The second kappa shape index (κ2) is 4.05. The normalized spacial score (nSPS) is 9.93. The summed E-state index contributed by atoms with van der Waals surface area (Å²) in [4.78, 5) is 1.89. The molecule has 75 valence electrons. The summed E-state index contributed by atoms with van der Waals surface area (Å²) in [7, 11) is 1.89. The van der Waals surface area contributed by atoms with Crippen LogP contribution >= 0.6 is 0 Å². The van der Waals surface area contributed by atoms with Crippen LogP contribution in [0.1, 0.15) is 0 Å². The van der Waals surface area contributed by atoms with Gasteiger partial charge in [0, 0.05) is 12.7 Å². The lowest BCUT2D eigenvalue weighted by atomic mass is 10.2. The van der Waals surface area contributed by atoms with Crippen LogP contribution in [0.4, 0.5) is 11.4 Å². The monoisotopic (exact) mass is 198 g/mol. The highest BCUT2D eigenvalue weighted by molar-refractivity contribution is 5.67. The van der Waals surface area contributed by atoms with Crippen molar-refractivity contribution in [1.29, 1.82) is 0 Å². The zero-order valence-corrected chi connectivity index (χ0v) is 8.55. The fraction of sp³-hybridized carbons (Fsp3) is 0.0769. The third kappa shape index (κ3) is 1.94. The Morgan fingerprint density at radius 1 is 0.867 bits per heavy atom. The minimum Gasteiger partial charge on any atom is -0.341 e. The summed E-state index contributed by atoms with van der Waals surface area (Å²) in [6.45, 7) is 0. The van der Waals surface area contributed by atoms with Gasteiger partial charge in [0.05, 0.1) is 5.69 Å². The largest absolute Gasteiger partial charge is 0.341 e. The summed E-state index contributed by atoms with van der Waals surface area (Å²) in [6.07, 6.45) is 0. The molecule has 15 heavy (non-hydrogen) atoms. The van der Waals surface area contributed by atoms with E-state index in [1.54, 1.807) is 12.1 Å². The average molecular weight is 198 g/mol. The van der Waals surface area contributed by atoms with Crippen LogP contribution in [0.2, 0.25) is 0 Å². The van der Waals surface area contributed by atoms with Gasteiger partial charge in [-0.3, -0.25) is 5.11 Å². The molecule has 0 saturated carbocycles. The molecular weight excluding hydrogens is 186 g/mol. The highest BCUT2D eigenvalue weighted by Crippen LogP contribution is 2.31. The van der Waals surface area contributed by atoms with Gasteiger partial charge in [-0.1, -0.05) is 30.3 Å². The molecule has 2 nitrogen and oxygen atoms in total. The molecule has 0 aliphatic heterocycles. The lowest BCUT2D eigenvalue weighted by Gasteiger charge is -2.19. The van der Waals surface area contributed by atoms with Gasteiger partial charge in [0.1, 0.15) is 0 Å². The molecule has 0 atom stereocenters. The Kier molecular flexibility index (Phi) is 2.59. The van der Waals surface area contributed by atoms with E-state index >= 15 is 0 Å². The van der Waals surface area contributed by atoms with Crippen molar-refractivity contribution in [2.75, 3.05) is 11.9 Å². The number of rotatable bonds is 2. The van der Waals surface area contributed by atoms with Crippen molar-refractivity contribution in [3.05, 3.63) is 54.6 Å². The van der Waals surface area contributed by atoms with Gasteiger partial charge in [0.25, 0.3) is 0 Å². The number of benzene rings is 2. The van der Waals surface area contributed by atoms with E-state index in [0.29, 0.717) is 5.69 Å². The van der Waals surface area contributed by atoms with Gasteiger partial charge in [-0.25, -0.2) is 0 Å². The summed E-state index contributed by atoms with van der Waals surface area (Å²) >= 11 is 0. The van der Waals surface area contributed by atoms with E-state index in [1.807, 2.05) is 54.4 Å². The van der Waals surface area contributed by atoms with Crippen molar-refractivity contribution in [2.45, 2.75) is 0 Å². The van der Waals surface area contributed by atoms with Crippen LogP contribution in [-0.2, 0) is 5.11 Å². The van der Waals surface area contributed by atoms with Gasteiger partial charge in [-0.15, -0.1) is 0 Å². The van der Waals surface area contributed by atoms with Crippen LogP contribution < -0.4 is 4.90 Å². The van der Waals surface area contributed by atoms with Crippen LogP contribution in [0.15, 0.2) is 54.6 Å². The molecule has 2 rings (SSSR count). The van der Waals surface area contributed by atoms with Gasteiger partial charge >= 0.3 is 0 Å². The zero-order valence-electron chi connectivity index (χ0n) is 8.55. The van der Waals surface area contributed by atoms with Gasteiger partial charge in [-0.05, 0) is 24.3 Å². The van der Waals surface area contributed by atoms with Crippen molar-refractivity contribution in [3.8, 4) is 5.75 Å². The third-order valence-corrected chi connectivity index (χ3v) is 2.37. The summed E-state index contributed by atoms with van der Waals surface area (Å²) in [5.74, 6) is 0.0452. The van der Waals surface area contributed by atoms with Crippen molar-refractivity contribution in [3.63, 3.8) is 0 Å². The van der Waals surface area contributed by atoms with Crippen LogP contribution in [-0.4, -0.2) is 7.05 Å². The van der Waals surface area contributed by atoms with Crippen molar-refractivity contribution < 1.29 is 5.11 Å². The second-order valence-corrected chi connectivity index (χ2v) is 3.36. The predicted molar refractivity (Wildman–Crippen MR) is 61.1 cm³/mol. The number of hydrogen-bond donors (Lipinski definition) is 0. The molecule has 0 heterocycles. The quantitative estimate of drug-likeness (QED) is 0.723. The van der Waals surface area contributed by atoms with Crippen molar-refractivity contribution in [1.82, 2.24) is 0 Å². The van der Waals surface area contributed by atoms with Gasteiger partial charge in [-0.2, -0.15) is 0 Å². The first-order chi connectivity index (χ1) is 7.29. The molecule has 0 aliphatic carbocycles. The first kappa shape index (κ1) is 9.59. The molecule has 0 fully saturated rings. The van der Waals surface area contributed by atoms with Gasteiger partial charge < -0.3 is 4.90 Å². The molecule has 0 aromatic heterocycles. The summed E-state index contributed by atoms with van der Waals surface area (Å²) < 4.78 is 0. The number of hydrogen-bond acceptors (Lipinski definition) is 1. The highest BCUT2D eigenvalue weighted by atomic mass is 16.3. The standard InChI is InChI=1S/C13H12NO/c1-14(11-7-3-2-4-8-11)12-9-5-6-10-13(12)15/h2-10H,1H3. The Labute approximate surface area is 89.4 Å². The molecule has 0 amide bonds. The minimum atomic E-state index is 0.0452. The highest BCUT2D eigenvalue weighted by Gasteiger charge is 2.08. The minimum absolute atomic E-state index is 0.0452. The van der Waals surface area contributed by atoms with E-state index in [9.17, 15) is 5.11 Å². The predicted octanol–water partition coefficient (Wildman–Crippen LogP) is 3.60. The molecule has 2 aromatic rings. The second-order valence-electron chi connectivity index (χ2n) is 3.36. The Balaban J connectivity index is 2.37.